The summed E-state index contributed by atoms with van der Waals surface area (Å²) >= 11 is 0. The number of hydrogen-bond acceptors (Lipinski definition) is 6. The van der Waals surface area contributed by atoms with E-state index in [1.165, 1.54) is 0 Å². The Morgan fingerprint density at radius 1 is 1.26 bits per heavy atom. The molecule has 1 N–H and O–H groups in total. The number of fused-ring (bicyclic) bond motifs is 1. The zero-order valence-electron chi connectivity index (χ0n) is 18.6. The van der Waals surface area contributed by atoms with Gasteiger partial charge in [0, 0.05) is 39.4 Å². The van der Waals surface area contributed by atoms with Crippen LogP contribution >= 0.6 is 0 Å². The van der Waals surface area contributed by atoms with Crippen LogP contribution in [0.4, 0.5) is 4.79 Å². The van der Waals surface area contributed by atoms with Crippen molar-refractivity contribution < 1.29 is 14.3 Å². The highest BCUT2D eigenvalue weighted by molar-refractivity contribution is 5.80. The molecule has 8 heteroatoms. The summed E-state index contributed by atoms with van der Waals surface area (Å²) in [6, 6.07) is 10.7. The number of alkyl carbamates (subject to hydrolysis) is 1. The smallest absolute Gasteiger partial charge is 0.407 e. The monoisotopic (exact) mass is 426 g/mol. The van der Waals surface area contributed by atoms with Crippen molar-refractivity contribution in [3.63, 3.8) is 0 Å². The first-order valence-corrected chi connectivity index (χ1v) is 10.5. The van der Waals surface area contributed by atoms with E-state index in [4.69, 9.17) is 9.47 Å². The van der Waals surface area contributed by atoms with Crippen molar-refractivity contribution in [3.8, 4) is 6.07 Å². The molecule has 166 valence electrons. The van der Waals surface area contributed by atoms with Crippen molar-refractivity contribution in [3.05, 3.63) is 46.2 Å². The first kappa shape index (κ1) is 22.8. The number of amides is 1. The summed E-state index contributed by atoms with van der Waals surface area (Å²) in [7, 11) is 1.64. The Morgan fingerprint density at radius 2 is 2.00 bits per heavy atom. The lowest BCUT2D eigenvalue weighted by molar-refractivity contribution is -0.00306. The number of nitrogens with one attached hydrogen (secondary N) is 1. The molecule has 0 radical (unpaired) electrons. The van der Waals surface area contributed by atoms with E-state index >= 15 is 0 Å². The maximum Gasteiger partial charge on any atom is 0.407 e. The SMILES string of the molecule is CO[C@@H]1CN(CCn2c(=O)ccc3ccc(C#N)cc32)CC[C@H]1NC(=O)OC(C)(C)C. The summed E-state index contributed by atoms with van der Waals surface area (Å²) in [5.41, 5.74) is 0.647. The molecule has 3 rings (SSSR count). The van der Waals surface area contributed by atoms with Gasteiger partial charge in [-0.05, 0) is 50.8 Å². The van der Waals surface area contributed by atoms with Crippen molar-refractivity contribution in [2.24, 2.45) is 0 Å². The molecule has 31 heavy (non-hydrogen) atoms. The van der Waals surface area contributed by atoms with E-state index in [-0.39, 0.29) is 17.7 Å². The van der Waals surface area contributed by atoms with E-state index in [1.807, 2.05) is 26.8 Å². The topological polar surface area (TPSA) is 96.6 Å². The van der Waals surface area contributed by atoms with Crippen molar-refractivity contribution in [2.45, 2.75) is 51.5 Å². The maximum atomic E-state index is 12.5. The van der Waals surface area contributed by atoms with Crippen LogP contribution in [0.1, 0.15) is 32.8 Å². The standard InChI is InChI=1S/C23H30N4O4/c1-23(2,3)31-22(29)25-18-9-10-26(15-20(18)30-4)11-12-27-19-13-16(14-24)5-6-17(19)7-8-21(27)28/h5-8,13,18,20H,9-12,15H2,1-4H3,(H,25,29)/t18-,20-/m1/s1. The first-order valence-electron chi connectivity index (χ1n) is 10.5. The van der Waals surface area contributed by atoms with Gasteiger partial charge in [-0.25, -0.2) is 4.79 Å². The summed E-state index contributed by atoms with van der Waals surface area (Å²) in [6.07, 6.45) is 0.111. The number of hydrogen-bond donors (Lipinski definition) is 1. The summed E-state index contributed by atoms with van der Waals surface area (Å²) in [5.74, 6) is 0. The highest BCUT2D eigenvalue weighted by atomic mass is 16.6. The fourth-order valence-electron chi connectivity index (χ4n) is 3.88. The normalized spacial score (nSPS) is 19.7. The Kier molecular flexibility index (Phi) is 6.98. The second-order valence-corrected chi connectivity index (χ2v) is 8.82. The molecule has 2 aromatic rings. The first-order chi connectivity index (χ1) is 14.7. The van der Waals surface area contributed by atoms with Crippen LogP contribution < -0.4 is 10.9 Å². The van der Waals surface area contributed by atoms with E-state index in [2.05, 4.69) is 16.3 Å². The Bertz CT molecular complexity index is 1030. The average Bonchev–Trinajstić information content (AvgIpc) is 2.72. The van der Waals surface area contributed by atoms with Gasteiger partial charge in [0.1, 0.15) is 5.60 Å². The molecular weight excluding hydrogens is 396 g/mol. The highest BCUT2D eigenvalue weighted by Crippen LogP contribution is 2.17. The van der Waals surface area contributed by atoms with Crippen LogP contribution in [0.3, 0.4) is 0 Å². The Labute approximate surface area is 182 Å². The molecule has 2 heterocycles. The minimum Gasteiger partial charge on any atom is -0.444 e. The number of rotatable bonds is 5. The third kappa shape index (κ3) is 5.84. The number of pyridine rings is 1. The number of methoxy groups -OCH3 is 1. The third-order valence-corrected chi connectivity index (χ3v) is 5.41. The zero-order valence-corrected chi connectivity index (χ0v) is 18.6. The predicted molar refractivity (Wildman–Crippen MR) is 118 cm³/mol. The number of carbonyl (C=O) groups excluding carboxylic acids is 1. The number of benzene rings is 1. The molecule has 0 unspecified atom stereocenters. The fraction of sp³-hybridized carbons (Fsp3) is 0.522. The number of carbonyl (C=O) groups is 1. The van der Waals surface area contributed by atoms with Crippen LogP contribution in [0.25, 0.3) is 10.9 Å². The number of nitriles is 1. The lowest BCUT2D eigenvalue weighted by atomic mass is 10.0. The van der Waals surface area contributed by atoms with Gasteiger partial charge in [-0.2, -0.15) is 5.26 Å². The van der Waals surface area contributed by atoms with Crippen LogP contribution in [0.15, 0.2) is 35.1 Å². The molecule has 1 aromatic carbocycles. The number of likely N-dealkylation sites (tertiary alicyclic amines) is 1. The van der Waals surface area contributed by atoms with Crippen molar-refractivity contribution >= 4 is 17.0 Å². The van der Waals surface area contributed by atoms with Gasteiger partial charge in [-0.1, -0.05) is 6.07 Å². The van der Waals surface area contributed by atoms with E-state index in [0.717, 1.165) is 23.9 Å². The summed E-state index contributed by atoms with van der Waals surface area (Å²) in [4.78, 5) is 26.8. The minimum atomic E-state index is -0.551. The van der Waals surface area contributed by atoms with Gasteiger partial charge in [-0.3, -0.25) is 9.69 Å². The van der Waals surface area contributed by atoms with Gasteiger partial charge in [0.05, 0.1) is 29.3 Å². The van der Waals surface area contributed by atoms with Gasteiger partial charge in [-0.15, -0.1) is 0 Å². The second-order valence-electron chi connectivity index (χ2n) is 8.82. The van der Waals surface area contributed by atoms with E-state index in [0.29, 0.717) is 25.2 Å². The molecule has 0 aliphatic carbocycles. The Morgan fingerprint density at radius 3 is 2.68 bits per heavy atom. The van der Waals surface area contributed by atoms with Gasteiger partial charge in [0.15, 0.2) is 0 Å². The molecule has 0 bridgehead atoms. The molecule has 1 saturated heterocycles. The summed E-state index contributed by atoms with van der Waals surface area (Å²) < 4.78 is 12.7. The fourth-order valence-corrected chi connectivity index (χ4v) is 3.88. The lowest BCUT2D eigenvalue weighted by Gasteiger charge is -2.38. The maximum absolute atomic E-state index is 12.5. The quantitative estimate of drug-likeness (QED) is 0.789. The molecule has 1 aliphatic heterocycles. The van der Waals surface area contributed by atoms with Crippen molar-refractivity contribution in [1.29, 1.82) is 5.26 Å². The molecule has 1 amide bonds. The molecule has 0 spiro atoms. The molecule has 1 aliphatic rings. The average molecular weight is 427 g/mol. The van der Waals surface area contributed by atoms with Gasteiger partial charge >= 0.3 is 6.09 Å². The van der Waals surface area contributed by atoms with Crippen LogP contribution in [0, 0.1) is 11.3 Å². The minimum absolute atomic E-state index is 0.0904. The number of piperidine rings is 1. The molecule has 1 aromatic heterocycles. The predicted octanol–water partition coefficient (Wildman–Crippen LogP) is 2.49. The van der Waals surface area contributed by atoms with Crippen LogP contribution in [0.2, 0.25) is 0 Å². The molecule has 0 saturated carbocycles. The van der Waals surface area contributed by atoms with Crippen molar-refractivity contribution in [2.75, 3.05) is 26.7 Å². The van der Waals surface area contributed by atoms with E-state index in [9.17, 15) is 14.9 Å². The third-order valence-electron chi connectivity index (χ3n) is 5.41. The molecule has 2 atom stereocenters. The van der Waals surface area contributed by atoms with Crippen LogP contribution in [-0.2, 0) is 16.0 Å². The van der Waals surface area contributed by atoms with E-state index < -0.39 is 11.7 Å². The van der Waals surface area contributed by atoms with Crippen LogP contribution in [-0.4, -0.2) is 60.1 Å². The largest absolute Gasteiger partial charge is 0.444 e. The summed E-state index contributed by atoms with van der Waals surface area (Å²) in [6.45, 7) is 8.07. The Balaban J connectivity index is 1.65. The number of nitrogens with zero attached hydrogens (tertiary/aromatic N) is 3. The zero-order chi connectivity index (χ0) is 22.6. The van der Waals surface area contributed by atoms with Crippen molar-refractivity contribution in [1.82, 2.24) is 14.8 Å². The molecule has 8 nitrogen and oxygen atoms in total. The summed E-state index contributed by atoms with van der Waals surface area (Å²) in [5, 5.41) is 13.0. The second kappa shape index (κ2) is 9.50. The van der Waals surface area contributed by atoms with Gasteiger partial charge in [0.2, 0.25) is 0 Å². The van der Waals surface area contributed by atoms with Crippen LogP contribution in [0.5, 0.6) is 0 Å². The molecule has 1 fully saturated rings. The van der Waals surface area contributed by atoms with Gasteiger partial charge < -0.3 is 19.4 Å². The number of ether oxygens (including phenoxy) is 2. The Hall–Kier alpha value is -2.89. The van der Waals surface area contributed by atoms with E-state index in [1.54, 1.807) is 35.9 Å². The lowest BCUT2D eigenvalue weighted by Crippen LogP contribution is -2.55. The highest BCUT2D eigenvalue weighted by Gasteiger charge is 2.31. The molecular formula is C23H30N4O4. The van der Waals surface area contributed by atoms with Gasteiger partial charge in [0.25, 0.3) is 5.56 Å². The number of aromatic nitrogens is 1.